The molecule has 2 saturated heterocycles. The van der Waals surface area contributed by atoms with E-state index in [2.05, 4.69) is 141 Å². The minimum atomic E-state index is -1.80. The van der Waals surface area contributed by atoms with Crippen LogP contribution in [-0.2, 0) is 23.7 Å². The topological polar surface area (TPSA) is 228 Å². The van der Waals surface area contributed by atoms with E-state index in [4.69, 9.17) is 18.9 Å². The fraction of sp³-hybridized carbons (Fsp3) is 0.701. The van der Waals surface area contributed by atoms with E-state index in [0.717, 1.165) is 109 Å². The average Bonchev–Trinajstić information content (AvgIpc) is 1.28. The summed E-state index contributed by atoms with van der Waals surface area (Å²) in [6, 6.07) is -0.954. The predicted molar refractivity (Wildman–Crippen MR) is 373 cm³/mol. The zero-order valence-electron chi connectivity index (χ0n) is 56.5. The summed E-state index contributed by atoms with van der Waals surface area (Å²) in [5, 5.41) is 87.4. The fourth-order valence-corrected chi connectivity index (χ4v) is 10.9. The zero-order valence-corrected chi connectivity index (χ0v) is 56.5. The Balaban J connectivity index is 1.71. The highest BCUT2D eigenvalue weighted by Crippen LogP contribution is 2.30. The van der Waals surface area contributed by atoms with E-state index in [-0.39, 0.29) is 18.9 Å². The van der Waals surface area contributed by atoms with Gasteiger partial charge in [0, 0.05) is 6.42 Å². The second-order valence-corrected chi connectivity index (χ2v) is 24.6. The highest BCUT2D eigenvalue weighted by molar-refractivity contribution is 5.76. The molecular weight excluding hydrogens is 1150 g/mol. The molecule has 9 N–H and O–H groups in total. The van der Waals surface area contributed by atoms with Crippen molar-refractivity contribution in [1.82, 2.24) is 5.32 Å². The summed E-state index contributed by atoms with van der Waals surface area (Å²) in [7, 11) is 0. The van der Waals surface area contributed by atoms with Crippen molar-refractivity contribution in [3.8, 4) is 0 Å². The first-order valence-corrected chi connectivity index (χ1v) is 35.9. The monoisotopic (exact) mass is 1280 g/mol. The molecule has 1 amide bonds. The van der Waals surface area contributed by atoms with Crippen molar-refractivity contribution >= 4 is 5.91 Å². The smallest absolute Gasteiger partial charge is 0.220 e. The van der Waals surface area contributed by atoms with Gasteiger partial charge in [-0.1, -0.05) is 270 Å². The van der Waals surface area contributed by atoms with Gasteiger partial charge in [-0.05, 0) is 109 Å². The van der Waals surface area contributed by atoms with Gasteiger partial charge in [0.1, 0.15) is 48.8 Å². The number of aliphatic hydroxyl groups excluding tert-OH is 8. The maximum Gasteiger partial charge on any atom is 0.220 e. The van der Waals surface area contributed by atoms with E-state index >= 15 is 0 Å². The molecule has 2 aliphatic heterocycles. The van der Waals surface area contributed by atoms with Crippen molar-refractivity contribution in [2.45, 2.75) is 325 Å². The van der Waals surface area contributed by atoms with Crippen molar-refractivity contribution in [2.75, 3.05) is 19.8 Å². The summed E-state index contributed by atoms with van der Waals surface area (Å²) in [6.45, 7) is 2.66. The third-order valence-corrected chi connectivity index (χ3v) is 16.5. The molecule has 0 radical (unpaired) electrons. The molecule has 0 saturated carbocycles. The lowest BCUT2D eigenvalue weighted by atomic mass is 9.97. The normalized spacial score (nSPS) is 23.6. The second-order valence-electron chi connectivity index (χ2n) is 24.6. The van der Waals surface area contributed by atoms with E-state index in [1.54, 1.807) is 6.08 Å². The molecule has 0 aromatic rings. The van der Waals surface area contributed by atoms with Crippen molar-refractivity contribution < 1.29 is 64.6 Å². The number of hydrogen-bond donors (Lipinski definition) is 9. The molecule has 91 heavy (non-hydrogen) atoms. The number of carbonyl (C=O) groups is 1. The lowest BCUT2D eigenvalue weighted by Crippen LogP contribution is -2.65. The second kappa shape index (κ2) is 59.8. The molecule has 2 rings (SSSR count). The predicted octanol–water partition coefficient (Wildman–Crippen LogP) is 15.1. The van der Waals surface area contributed by atoms with Gasteiger partial charge in [0.15, 0.2) is 12.6 Å². The highest BCUT2D eigenvalue weighted by atomic mass is 16.7. The third-order valence-electron chi connectivity index (χ3n) is 16.5. The molecule has 12 unspecified atom stereocenters. The lowest BCUT2D eigenvalue weighted by molar-refractivity contribution is -0.359. The summed E-state index contributed by atoms with van der Waals surface area (Å²) in [6.07, 6.45) is 72.1. The van der Waals surface area contributed by atoms with Gasteiger partial charge >= 0.3 is 0 Å². The van der Waals surface area contributed by atoms with E-state index in [1.165, 1.54) is 109 Å². The summed E-state index contributed by atoms with van der Waals surface area (Å²) >= 11 is 0. The van der Waals surface area contributed by atoms with E-state index in [0.29, 0.717) is 12.8 Å². The third kappa shape index (κ3) is 43.7. The number of amides is 1. The van der Waals surface area contributed by atoms with Gasteiger partial charge in [-0.3, -0.25) is 4.79 Å². The Hall–Kier alpha value is -3.87. The van der Waals surface area contributed by atoms with Crippen molar-refractivity contribution in [1.29, 1.82) is 0 Å². The van der Waals surface area contributed by atoms with Gasteiger partial charge in [-0.2, -0.15) is 0 Å². The van der Waals surface area contributed by atoms with Crippen LogP contribution < -0.4 is 5.32 Å². The summed E-state index contributed by atoms with van der Waals surface area (Å²) < 4.78 is 22.8. The van der Waals surface area contributed by atoms with Crippen LogP contribution >= 0.6 is 0 Å². The van der Waals surface area contributed by atoms with Gasteiger partial charge < -0.3 is 65.1 Å². The number of allylic oxidation sites excluding steroid dienone is 21. The first kappa shape index (κ1) is 83.2. The van der Waals surface area contributed by atoms with Gasteiger partial charge in [0.2, 0.25) is 5.91 Å². The van der Waals surface area contributed by atoms with Crippen LogP contribution in [0, 0.1) is 0 Å². The molecule has 2 heterocycles. The molecule has 520 valence electrons. The number of rotatable bonds is 57. The lowest BCUT2D eigenvalue weighted by Gasteiger charge is -2.46. The molecule has 0 aliphatic carbocycles. The van der Waals surface area contributed by atoms with Gasteiger partial charge in [-0.25, -0.2) is 0 Å². The van der Waals surface area contributed by atoms with Crippen LogP contribution in [0.15, 0.2) is 134 Å². The Bertz CT molecular complexity index is 2040. The first-order chi connectivity index (χ1) is 44.6. The number of ether oxygens (including phenoxy) is 4. The quantitative estimate of drug-likeness (QED) is 0.0204. The van der Waals surface area contributed by atoms with Crippen molar-refractivity contribution in [3.05, 3.63) is 134 Å². The van der Waals surface area contributed by atoms with Gasteiger partial charge in [0.25, 0.3) is 0 Å². The van der Waals surface area contributed by atoms with Gasteiger partial charge in [0.05, 0.1) is 32.0 Å². The van der Waals surface area contributed by atoms with Crippen LogP contribution in [0.25, 0.3) is 0 Å². The van der Waals surface area contributed by atoms with Crippen LogP contribution in [0.4, 0.5) is 0 Å². The Labute approximate surface area is 551 Å². The summed E-state index contributed by atoms with van der Waals surface area (Å²) in [4.78, 5) is 13.3. The molecule has 14 heteroatoms. The van der Waals surface area contributed by atoms with Crippen LogP contribution in [0.5, 0.6) is 0 Å². The number of hydrogen-bond acceptors (Lipinski definition) is 13. The molecule has 0 aromatic carbocycles. The van der Waals surface area contributed by atoms with E-state index in [1.807, 2.05) is 6.08 Å². The number of nitrogens with one attached hydrogen (secondary N) is 1. The minimum Gasteiger partial charge on any atom is -0.394 e. The minimum absolute atomic E-state index is 0.251. The van der Waals surface area contributed by atoms with Crippen LogP contribution in [0.1, 0.15) is 251 Å². The number of aliphatic hydroxyl groups is 8. The zero-order chi connectivity index (χ0) is 65.9. The maximum atomic E-state index is 13.3. The molecule has 14 nitrogen and oxygen atoms in total. The largest absolute Gasteiger partial charge is 0.394 e. The van der Waals surface area contributed by atoms with Gasteiger partial charge in [-0.15, -0.1) is 0 Å². The van der Waals surface area contributed by atoms with Crippen LogP contribution in [0.3, 0.4) is 0 Å². The van der Waals surface area contributed by atoms with E-state index < -0.39 is 86.8 Å². The number of carbonyl (C=O) groups excluding carboxylic acids is 1. The standard InChI is InChI=1S/C77H129NO13/c1-3-5-7-9-11-13-15-17-19-21-23-25-27-29-30-31-32-33-34-35-36-37-39-41-43-45-47-49-51-53-55-57-59-61-69(82)78-65(64-88-76-74(87)72(85)75(68(63-80)90-76)91-77-73(86)71(84)70(83)67(62-79)89-77)66(81)60-58-56-54-52-50-48-46-44-42-40-38-28-26-24-22-20-18-16-14-12-10-8-6-4-2/h5,7,11,13,17,19,23,25,29-30,32-33,35-36,39,41-42,44,50,52,58,60,65-68,70-77,79-81,83-87H,3-4,6,8-10,12,14-16,18,20-22,24,26-28,31,34,37-38,40,43,45-49,51,53-57,59,61-64H2,1-2H3,(H,78,82)/b7-5-,13-11-,19-17-,25-23-,30-29-,33-32-,36-35-,41-39-,44-42+,52-50+,60-58+. The Morgan fingerprint density at radius 1 is 0.407 bits per heavy atom. The average molecular weight is 1280 g/mol. The molecule has 0 aromatic heterocycles. The molecule has 0 spiro atoms. The summed E-state index contributed by atoms with van der Waals surface area (Å²) in [5.41, 5.74) is 0. The summed E-state index contributed by atoms with van der Waals surface area (Å²) in [5.74, 6) is -0.266. The number of unbranched alkanes of at least 4 members (excludes halogenated alkanes) is 24. The van der Waals surface area contributed by atoms with Crippen molar-refractivity contribution in [2.24, 2.45) is 0 Å². The fourth-order valence-electron chi connectivity index (χ4n) is 10.9. The van der Waals surface area contributed by atoms with Crippen LogP contribution in [-0.4, -0.2) is 140 Å². The molecule has 0 bridgehead atoms. The first-order valence-electron chi connectivity index (χ1n) is 35.9. The molecule has 2 fully saturated rings. The molecular formula is C77H129NO13. The Morgan fingerprint density at radius 3 is 1.21 bits per heavy atom. The maximum absolute atomic E-state index is 13.3. The Kier molecular flexibility index (Phi) is 54.7. The molecule has 2 aliphatic rings. The Morgan fingerprint density at radius 2 is 0.769 bits per heavy atom. The highest BCUT2D eigenvalue weighted by Gasteiger charge is 2.51. The SMILES string of the molecule is CC/C=C\C/C=C\C/C=C\C/C=C\C/C=C\C/C=C\C/C=C\C/C=C\CCCCCCCCCCC(=O)NC(COC1OC(CO)C(OC2OC(CO)C(O)C(O)C2O)C(O)C1O)C(O)/C=C/CC/C=C/CC/C=C/CCCCCCCCCCCCCCCC. The van der Waals surface area contributed by atoms with Crippen molar-refractivity contribution in [3.63, 3.8) is 0 Å². The van der Waals surface area contributed by atoms with E-state index in [9.17, 15) is 45.6 Å². The van der Waals surface area contributed by atoms with Crippen LogP contribution in [0.2, 0.25) is 0 Å². The molecule has 12 atom stereocenters.